The predicted octanol–water partition coefficient (Wildman–Crippen LogP) is 4.15. The molecule has 0 spiro atoms. The first kappa shape index (κ1) is 22.0. The van der Waals surface area contributed by atoms with Crippen LogP contribution < -0.4 is 5.32 Å². The minimum atomic E-state index is -0.0116. The number of likely N-dealkylation sites (tertiary alicyclic amines) is 2. The lowest BCUT2D eigenvalue weighted by molar-refractivity contribution is -0.126. The fraction of sp³-hybridized carbons (Fsp3) is 0.520. The molecule has 0 bridgehead atoms. The number of piperidine rings is 2. The van der Waals surface area contributed by atoms with Gasteiger partial charge in [-0.1, -0.05) is 37.3 Å². The van der Waals surface area contributed by atoms with E-state index in [1.54, 1.807) is 0 Å². The van der Waals surface area contributed by atoms with E-state index in [4.69, 9.17) is 0 Å². The van der Waals surface area contributed by atoms with Crippen LogP contribution in [0.15, 0.2) is 41.8 Å². The highest BCUT2D eigenvalue weighted by molar-refractivity contribution is 7.12. The van der Waals surface area contributed by atoms with Gasteiger partial charge in [0, 0.05) is 38.6 Å². The monoisotopic (exact) mass is 439 g/mol. The van der Waals surface area contributed by atoms with Gasteiger partial charge in [-0.3, -0.25) is 14.5 Å². The van der Waals surface area contributed by atoms with Gasteiger partial charge in [0.05, 0.1) is 4.88 Å². The molecule has 2 aliphatic heterocycles. The van der Waals surface area contributed by atoms with E-state index in [1.807, 2.05) is 22.4 Å². The summed E-state index contributed by atoms with van der Waals surface area (Å²) >= 11 is 1.48. The number of carbonyl (C=O) groups is 2. The van der Waals surface area contributed by atoms with Crippen LogP contribution in [0.1, 0.15) is 53.4 Å². The second-order valence-corrected chi connectivity index (χ2v) is 9.96. The topological polar surface area (TPSA) is 52.7 Å². The van der Waals surface area contributed by atoms with E-state index in [0.717, 1.165) is 43.3 Å². The van der Waals surface area contributed by atoms with Crippen molar-refractivity contribution < 1.29 is 9.59 Å². The zero-order valence-corrected chi connectivity index (χ0v) is 19.2. The molecule has 1 atom stereocenters. The van der Waals surface area contributed by atoms with E-state index in [-0.39, 0.29) is 17.7 Å². The molecule has 166 valence electrons. The van der Waals surface area contributed by atoms with Crippen LogP contribution in [0.3, 0.4) is 0 Å². The number of nitrogens with one attached hydrogen (secondary N) is 1. The SMILES string of the molecule is CC1CCCN(Cc2ccccc2CNC(=O)C2CCN(C(=O)c3cccs3)CC2)C1. The highest BCUT2D eigenvalue weighted by Gasteiger charge is 2.28. The Morgan fingerprint density at radius 3 is 2.52 bits per heavy atom. The fourth-order valence-electron chi connectivity index (χ4n) is 4.78. The lowest BCUT2D eigenvalue weighted by atomic mass is 9.95. The second-order valence-electron chi connectivity index (χ2n) is 9.01. The number of amides is 2. The number of benzene rings is 1. The predicted molar refractivity (Wildman–Crippen MR) is 125 cm³/mol. The van der Waals surface area contributed by atoms with Crippen molar-refractivity contribution in [3.8, 4) is 0 Å². The van der Waals surface area contributed by atoms with Crippen molar-refractivity contribution in [1.29, 1.82) is 0 Å². The van der Waals surface area contributed by atoms with Gasteiger partial charge in [0.1, 0.15) is 0 Å². The van der Waals surface area contributed by atoms with Crippen molar-refractivity contribution in [3.05, 3.63) is 57.8 Å². The number of thiophene rings is 1. The van der Waals surface area contributed by atoms with Crippen molar-refractivity contribution in [1.82, 2.24) is 15.1 Å². The highest BCUT2D eigenvalue weighted by atomic mass is 32.1. The van der Waals surface area contributed by atoms with Crippen molar-refractivity contribution >= 4 is 23.2 Å². The van der Waals surface area contributed by atoms with Gasteiger partial charge in [-0.25, -0.2) is 0 Å². The van der Waals surface area contributed by atoms with Crippen LogP contribution in [0.25, 0.3) is 0 Å². The molecule has 1 N–H and O–H groups in total. The Hall–Kier alpha value is -2.18. The Morgan fingerprint density at radius 2 is 1.81 bits per heavy atom. The third kappa shape index (κ3) is 5.74. The Morgan fingerprint density at radius 1 is 1.03 bits per heavy atom. The Balaban J connectivity index is 1.27. The minimum Gasteiger partial charge on any atom is -0.352 e. The number of carbonyl (C=O) groups excluding carboxylic acids is 2. The summed E-state index contributed by atoms with van der Waals surface area (Å²) in [6, 6.07) is 12.2. The average molecular weight is 440 g/mol. The zero-order valence-electron chi connectivity index (χ0n) is 18.4. The molecule has 4 rings (SSSR count). The number of rotatable bonds is 6. The molecule has 3 heterocycles. The molecule has 2 aromatic rings. The number of hydrogen-bond acceptors (Lipinski definition) is 4. The van der Waals surface area contributed by atoms with Gasteiger partial charge in [0.15, 0.2) is 0 Å². The fourth-order valence-corrected chi connectivity index (χ4v) is 5.47. The van der Waals surface area contributed by atoms with Crippen LogP contribution in [-0.2, 0) is 17.9 Å². The molecule has 31 heavy (non-hydrogen) atoms. The van der Waals surface area contributed by atoms with E-state index in [9.17, 15) is 9.59 Å². The van der Waals surface area contributed by atoms with E-state index in [1.165, 1.54) is 35.3 Å². The highest BCUT2D eigenvalue weighted by Crippen LogP contribution is 2.22. The molecule has 6 heteroatoms. The summed E-state index contributed by atoms with van der Waals surface area (Å²) in [6.07, 6.45) is 4.06. The van der Waals surface area contributed by atoms with Gasteiger partial charge in [-0.2, -0.15) is 0 Å². The molecule has 5 nitrogen and oxygen atoms in total. The lowest BCUT2D eigenvalue weighted by Crippen LogP contribution is -2.42. The van der Waals surface area contributed by atoms with Gasteiger partial charge in [-0.05, 0) is 60.7 Å². The van der Waals surface area contributed by atoms with Crippen molar-refractivity contribution in [2.24, 2.45) is 11.8 Å². The lowest BCUT2D eigenvalue weighted by Gasteiger charge is -2.32. The Labute approximate surface area is 189 Å². The van der Waals surface area contributed by atoms with Crippen LogP contribution in [0.4, 0.5) is 0 Å². The summed E-state index contributed by atoms with van der Waals surface area (Å²) in [5.74, 6) is 0.958. The smallest absolute Gasteiger partial charge is 0.263 e. The summed E-state index contributed by atoms with van der Waals surface area (Å²) in [4.78, 5) is 30.5. The van der Waals surface area contributed by atoms with Crippen LogP contribution in [0, 0.1) is 11.8 Å². The molecule has 0 aliphatic carbocycles. The molecular weight excluding hydrogens is 406 g/mol. The summed E-state index contributed by atoms with van der Waals surface area (Å²) in [7, 11) is 0. The molecule has 2 saturated heterocycles. The van der Waals surface area contributed by atoms with Crippen LogP contribution in [0.5, 0.6) is 0 Å². The Kier molecular flexibility index (Phi) is 7.41. The zero-order chi connectivity index (χ0) is 21.6. The van der Waals surface area contributed by atoms with Crippen LogP contribution in [0.2, 0.25) is 0 Å². The van der Waals surface area contributed by atoms with Crippen molar-refractivity contribution in [3.63, 3.8) is 0 Å². The summed E-state index contributed by atoms with van der Waals surface area (Å²) < 4.78 is 0. The summed E-state index contributed by atoms with van der Waals surface area (Å²) in [5, 5.41) is 5.10. The molecular formula is C25H33N3O2S. The van der Waals surface area contributed by atoms with Gasteiger partial charge >= 0.3 is 0 Å². The van der Waals surface area contributed by atoms with Crippen LogP contribution >= 0.6 is 11.3 Å². The Bertz CT molecular complexity index is 875. The molecule has 0 saturated carbocycles. The molecule has 2 fully saturated rings. The average Bonchev–Trinajstić information content (AvgIpc) is 3.33. The normalized spacial score (nSPS) is 20.5. The first-order valence-corrected chi connectivity index (χ1v) is 12.4. The summed E-state index contributed by atoms with van der Waals surface area (Å²) in [5.41, 5.74) is 2.52. The number of nitrogens with zero attached hydrogens (tertiary/aromatic N) is 2. The second kappa shape index (κ2) is 10.4. The van der Waals surface area contributed by atoms with E-state index in [0.29, 0.717) is 19.6 Å². The van der Waals surface area contributed by atoms with Gasteiger partial charge < -0.3 is 10.2 Å². The molecule has 1 unspecified atom stereocenters. The van der Waals surface area contributed by atoms with Crippen molar-refractivity contribution in [2.75, 3.05) is 26.2 Å². The molecule has 0 radical (unpaired) electrons. The van der Waals surface area contributed by atoms with Crippen molar-refractivity contribution in [2.45, 2.75) is 45.7 Å². The summed E-state index contributed by atoms with van der Waals surface area (Å²) in [6.45, 7) is 7.48. The standard InChI is InChI=1S/C25H33N3O2S/c1-19-6-4-12-27(17-19)18-22-8-3-2-7-21(22)16-26-24(29)20-10-13-28(14-11-20)25(30)23-9-5-15-31-23/h2-3,5,7-9,15,19-20H,4,6,10-14,16-18H2,1H3,(H,26,29). The molecule has 1 aromatic heterocycles. The molecule has 2 aliphatic rings. The third-order valence-corrected chi connectivity index (χ3v) is 7.45. The van der Waals surface area contributed by atoms with Gasteiger partial charge in [0.25, 0.3) is 5.91 Å². The third-order valence-electron chi connectivity index (χ3n) is 6.59. The van der Waals surface area contributed by atoms with E-state index < -0.39 is 0 Å². The molecule has 2 amide bonds. The number of hydrogen-bond donors (Lipinski definition) is 1. The first-order valence-electron chi connectivity index (χ1n) is 11.5. The quantitative estimate of drug-likeness (QED) is 0.736. The minimum absolute atomic E-state index is 0.0116. The van der Waals surface area contributed by atoms with E-state index >= 15 is 0 Å². The first-order chi connectivity index (χ1) is 15.1. The maximum atomic E-state index is 12.8. The van der Waals surface area contributed by atoms with Gasteiger partial charge in [0.2, 0.25) is 5.91 Å². The van der Waals surface area contributed by atoms with Gasteiger partial charge in [-0.15, -0.1) is 11.3 Å². The maximum absolute atomic E-state index is 12.8. The maximum Gasteiger partial charge on any atom is 0.263 e. The largest absolute Gasteiger partial charge is 0.352 e. The van der Waals surface area contributed by atoms with E-state index in [2.05, 4.69) is 41.4 Å². The molecule has 1 aromatic carbocycles. The van der Waals surface area contributed by atoms with Crippen LogP contribution in [-0.4, -0.2) is 47.8 Å².